The van der Waals surface area contributed by atoms with Crippen LogP contribution in [0, 0.1) is 5.82 Å². The highest BCUT2D eigenvalue weighted by Gasteiger charge is 2.33. The van der Waals surface area contributed by atoms with Crippen LogP contribution in [0.15, 0.2) is 41.6 Å². The number of anilines is 2. The average Bonchev–Trinajstić information content (AvgIpc) is 3.44. The minimum absolute atomic E-state index is 0.00194. The Kier molecular flexibility index (Phi) is 11.1. The molecule has 1 heterocycles. The molecule has 2 aromatic carbocycles. The summed E-state index contributed by atoms with van der Waals surface area (Å²) >= 11 is 7.35. The van der Waals surface area contributed by atoms with Gasteiger partial charge in [-0.1, -0.05) is 11.6 Å². The normalized spacial score (nSPS) is 12.7. The lowest BCUT2D eigenvalue weighted by atomic mass is 10.2. The van der Waals surface area contributed by atoms with Crippen molar-refractivity contribution in [2.45, 2.75) is 57.1 Å². The zero-order valence-electron chi connectivity index (χ0n) is 23.4. The number of aromatic nitrogens is 2. The lowest BCUT2D eigenvalue weighted by Gasteiger charge is -2.34. The van der Waals surface area contributed by atoms with E-state index in [0.717, 1.165) is 28.0 Å². The van der Waals surface area contributed by atoms with Crippen LogP contribution in [0.5, 0.6) is 11.5 Å². The molecule has 0 bridgehead atoms. The highest BCUT2D eigenvalue weighted by Crippen LogP contribution is 2.37. The second kappa shape index (κ2) is 13.9. The van der Waals surface area contributed by atoms with Gasteiger partial charge in [-0.25, -0.2) is 22.1 Å². The molecule has 0 aliphatic heterocycles. The zero-order chi connectivity index (χ0) is 30.4. The number of benzene rings is 2. The molecular weight excluding hydrogens is 599 g/mol. The van der Waals surface area contributed by atoms with Crippen molar-refractivity contribution < 1.29 is 37.2 Å². The molecule has 2 N–H and O–H groups in total. The van der Waals surface area contributed by atoms with Crippen molar-refractivity contribution >= 4 is 44.0 Å². The first-order valence-corrected chi connectivity index (χ1v) is 15.1. The third-order valence-electron chi connectivity index (χ3n) is 5.78. The second-order valence-corrected chi connectivity index (χ2v) is 12.8. The fraction of sp³-hybridized carbons (Fsp3) is 0.462. The molecule has 226 valence electrons. The Morgan fingerprint density at radius 1 is 1.15 bits per heavy atom. The molecule has 0 aliphatic carbocycles. The molecule has 0 aliphatic rings. The van der Waals surface area contributed by atoms with E-state index in [2.05, 4.69) is 9.36 Å². The minimum Gasteiger partial charge on any atom is -0.497 e. The molecule has 15 heteroatoms. The molecule has 0 saturated carbocycles. The van der Waals surface area contributed by atoms with Gasteiger partial charge in [0.25, 0.3) is 10.0 Å². The molecule has 11 nitrogen and oxygen atoms in total. The molecule has 0 spiro atoms. The third kappa shape index (κ3) is 8.17. The van der Waals surface area contributed by atoms with Gasteiger partial charge in [-0.15, -0.1) is 0 Å². The fourth-order valence-electron chi connectivity index (χ4n) is 3.85. The lowest BCUT2D eigenvalue weighted by Crippen LogP contribution is -2.43. The number of nitrogens with zero attached hydrogens (tertiary/aromatic N) is 4. The standard InChI is InChI=1S/C26H34ClFN4O7S2/c1-26(2,3)39-25(34)31(10-6-7-11-33)21-14-20(28)23(13-19(21)27)41(35,36)32(24-29-16-30-40-24)15-17-8-9-18(37-4)12-22(17)38-5/h8-9,12-14,16,25,33-34H,6-7,10-11,15H2,1-5H3. The van der Waals surface area contributed by atoms with E-state index < -0.39 is 32.8 Å². The molecular formula is C26H34ClFN4O7S2. The van der Waals surface area contributed by atoms with E-state index in [-0.39, 0.29) is 35.5 Å². The van der Waals surface area contributed by atoms with E-state index in [1.807, 2.05) is 0 Å². The van der Waals surface area contributed by atoms with E-state index in [1.54, 1.807) is 39.0 Å². The van der Waals surface area contributed by atoms with Gasteiger partial charge in [-0.3, -0.25) is 0 Å². The molecule has 0 radical (unpaired) electrons. The summed E-state index contributed by atoms with van der Waals surface area (Å²) in [7, 11) is -1.65. The Bertz CT molecular complexity index is 1410. The maximum Gasteiger partial charge on any atom is 0.269 e. The number of ether oxygens (including phenoxy) is 3. The Hall–Kier alpha value is -2.75. The highest BCUT2D eigenvalue weighted by molar-refractivity contribution is 7.93. The van der Waals surface area contributed by atoms with Crippen LogP contribution >= 0.6 is 23.1 Å². The number of methoxy groups -OCH3 is 2. The predicted octanol–water partition coefficient (Wildman–Crippen LogP) is 4.41. The van der Waals surface area contributed by atoms with Crippen molar-refractivity contribution in [3.8, 4) is 11.5 Å². The summed E-state index contributed by atoms with van der Waals surface area (Å²) in [6.07, 6.45) is 0.513. The molecule has 0 saturated heterocycles. The van der Waals surface area contributed by atoms with Gasteiger partial charge < -0.3 is 29.3 Å². The van der Waals surface area contributed by atoms with Crippen molar-refractivity contribution in [2.24, 2.45) is 0 Å². The number of sulfonamides is 1. The number of hydrogen-bond donors (Lipinski definition) is 2. The fourth-order valence-corrected chi connectivity index (χ4v) is 6.39. The monoisotopic (exact) mass is 632 g/mol. The van der Waals surface area contributed by atoms with Crippen molar-refractivity contribution in [2.75, 3.05) is 36.6 Å². The first-order chi connectivity index (χ1) is 19.3. The summed E-state index contributed by atoms with van der Waals surface area (Å²) in [5.41, 5.74) is -0.266. The number of aliphatic hydroxyl groups is 2. The molecule has 1 unspecified atom stereocenters. The third-order valence-corrected chi connectivity index (χ3v) is 8.64. The second-order valence-electron chi connectivity index (χ2n) is 9.83. The Labute approximate surface area is 248 Å². The van der Waals surface area contributed by atoms with Gasteiger partial charge in [0.2, 0.25) is 11.5 Å². The number of unbranched alkanes of at least 4 members (excludes halogenated alkanes) is 1. The summed E-state index contributed by atoms with van der Waals surface area (Å²) in [6, 6.07) is 6.81. The van der Waals surface area contributed by atoms with Gasteiger partial charge in [-0.05, 0) is 51.8 Å². The molecule has 1 aromatic heterocycles. The quantitative estimate of drug-likeness (QED) is 0.194. The first kappa shape index (κ1) is 32.8. The molecule has 3 rings (SSSR count). The number of aliphatic hydroxyl groups excluding tert-OH is 2. The summed E-state index contributed by atoms with van der Waals surface area (Å²) in [5.74, 6) is -0.240. The Morgan fingerprint density at radius 3 is 2.46 bits per heavy atom. The number of halogens is 2. The Morgan fingerprint density at radius 2 is 1.88 bits per heavy atom. The molecule has 1 atom stereocenters. The van der Waals surface area contributed by atoms with Crippen LogP contribution in [0.1, 0.15) is 39.2 Å². The maximum absolute atomic E-state index is 15.7. The lowest BCUT2D eigenvalue weighted by molar-refractivity contribution is -0.165. The summed E-state index contributed by atoms with van der Waals surface area (Å²) in [4.78, 5) is 4.66. The smallest absolute Gasteiger partial charge is 0.269 e. The van der Waals surface area contributed by atoms with Crippen molar-refractivity contribution in [1.29, 1.82) is 0 Å². The topological polar surface area (TPSA) is 135 Å². The van der Waals surface area contributed by atoms with Crippen LogP contribution in [0.25, 0.3) is 0 Å². The van der Waals surface area contributed by atoms with Gasteiger partial charge in [0, 0.05) is 42.4 Å². The van der Waals surface area contributed by atoms with E-state index >= 15 is 4.39 Å². The van der Waals surface area contributed by atoms with E-state index in [1.165, 1.54) is 25.4 Å². The predicted molar refractivity (Wildman–Crippen MR) is 155 cm³/mol. The minimum atomic E-state index is -4.58. The van der Waals surface area contributed by atoms with E-state index in [9.17, 15) is 18.6 Å². The van der Waals surface area contributed by atoms with E-state index in [4.69, 9.17) is 25.8 Å². The summed E-state index contributed by atoms with van der Waals surface area (Å²) < 4.78 is 64.7. The Balaban J connectivity index is 2.06. The van der Waals surface area contributed by atoms with Gasteiger partial charge >= 0.3 is 0 Å². The van der Waals surface area contributed by atoms with Crippen molar-refractivity contribution in [3.63, 3.8) is 0 Å². The van der Waals surface area contributed by atoms with Crippen LogP contribution in [-0.2, 0) is 21.3 Å². The number of rotatable bonds is 14. The molecule has 0 amide bonds. The SMILES string of the molecule is COc1ccc(CN(c2ncns2)S(=O)(=O)c2cc(Cl)c(N(CCCCO)C(O)OC(C)(C)C)cc2F)c(OC)c1. The zero-order valence-corrected chi connectivity index (χ0v) is 25.8. The van der Waals surface area contributed by atoms with E-state index in [0.29, 0.717) is 29.9 Å². The molecule has 3 aromatic rings. The molecule has 0 fully saturated rings. The van der Waals surface area contributed by atoms with Crippen LogP contribution in [0.2, 0.25) is 5.02 Å². The average molecular weight is 633 g/mol. The summed E-state index contributed by atoms with van der Waals surface area (Å²) in [6.45, 7) is 5.02. The highest BCUT2D eigenvalue weighted by atomic mass is 35.5. The van der Waals surface area contributed by atoms with Crippen LogP contribution in [-0.4, -0.2) is 67.4 Å². The largest absolute Gasteiger partial charge is 0.497 e. The van der Waals surface area contributed by atoms with Gasteiger partial charge in [0.1, 0.15) is 28.5 Å². The maximum atomic E-state index is 15.7. The number of hydrogen-bond acceptors (Lipinski definition) is 11. The van der Waals surface area contributed by atoms with Gasteiger partial charge in [0.05, 0.1) is 37.1 Å². The van der Waals surface area contributed by atoms with Crippen LogP contribution in [0.4, 0.5) is 15.2 Å². The van der Waals surface area contributed by atoms with Crippen molar-refractivity contribution in [3.05, 3.63) is 53.1 Å². The summed E-state index contributed by atoms with van der Waals surface area (Å²) in [5, 5.41) is 19.9. The van der Waals surface area contributed by atoms with Crippen LogP contribution in [0.3, 0.4) is 0 Å². The van der Waals surface area contributed by atoms with Crippen molar-refractivity contribution in [1.82, 2.24) is 9.36 Å². The van der Waals surface area contributed by atoms with Crippen LogP contribution < -0.4 is 18.7 Å². The van der Waals surface area contributed by atoms with Gasteiger partial charge in [-0.2, -0.15) is 4.37 Å². The first-order valence-electron chi connectivity index (χ1n) is 12.5. The molecule has 41 heavy (non-hydrogen) atoms. The van der Waals surface area contributed by atoms with Gasteiger partial charge in [0.15, 0.2) is 0 Å².